The maximum absolute atomic E-state index is 13.0. The highest BCUT2D eigenvalue weighted by Crippen LogP contribution is 2.39. The monoisotopic (exact) mass is 1050 g/mol. The first-order valence-electron chi connectivity index (χ1n) is 27.0. The number of unbranched alkanes of at least 4 members (excludes halogenated alkanes) is 24. The second-order valence-corrected chi connectivity index (χ2v) is 20.8. The van der Waals surface area contributed by atoms with Crippen LogP contribution in [0.5, 0.6) is 0 Å². The molecule has 2 aliphatic rings. The number of aliphatic hydroxyl groups is 8. The first-order valence-corrected chi connectivity index (χ1v) is 28.5. The first kappa shape index (κ1) is 65.7. The minimum Gasteiger partial charge on any atom is -0.756 e. The Hall–Kier alpha value is -1.43. The summed E-state index contributed by atoms with van der Waals surface area (Å²) in [6.07, 6.45) is 9.89. The molecule has 20 nitrogen and oxygen atoms in total. The Kier molecular flexibility index (Phi) is 36.9. The van der Waals surface area contributed by atoms with Gasteiger partial charge in [0.25, 0.3) is 7.82 Å². The summed E-state index contributed by atoms with van der Waals surface area (Å²) in [7, 11) is -5.10. The molecule has 2 heterocycles. The number of hydrogen-bond acceptors (Lipinski definition) is 20. The van der Waals surface area contributed by atoms with Crippen molar-refractivity contribution in [3.05, 3.63) is 0 Å². The molecule has 0 aromatic rings. The molecule has 71 heavy (non-hydrogen) atoms. The van der Waals surface area contributed by atoms with E-state index >= 15 is 0 Å². The predicted molar refractivity (Wildman–Crippen MR) is 259 cm³/mol. The van der Waals surface area contributed by atoms with Crippen LogP contribution >= 0.6 is 7.82 Å². The molecule has 8 N–H and O–H groups in total. The molecule has 2 aliphatic heterocycles. The summed E-state index contributed by atoms with van der Waals surface area (Å²) in [5.74, 6) is -1.00. The van der Waals surface area contributed by atoms with Gasteiger partial charge in [0.2, 0.25) is 0 Å². The van der Waals surface area contributed by atoms with E-state index in [4.69, 9.17) is 33.5 Å². The second-order valence-electron chi connectivity index (χ2n) is 19.4. The molecular weight excluding hydrogens is 952 g/mol. The van der Waals surface area contributed by atoms with Crippen molar-refractivity contribution >= 4 is 19.8 Å². The second kappa shape index (κ2) is 39.9. The highest BCUT2D eigenvalue weighted by Gasteiger charge is 2.48. The smallest absolute Gasteiger partial charge is 0.306 e. The van der Waals surface area contributed by atoms with E-state index in [0.29, 0.717) is 12.8 Å². The molecule has 420 valence electrons. The van der Waals surface area contributed by atoms with Crippen molar-refractivity contribution in [1.29, 1.82) is 0 Å². The van der Waals surface area contributed by atoms with Crippen LogP contribution < -0.4 is 4.89 Å². The molecule has 0 aromatic heterocycles. The Morgan fingerprint density at radius 3 is 1.34 bits per heavy atom. The number of phosphoric acid groups is 1. The lowest BCUT2D eigenvalue weighted by molar-refractivity contribution is -0.333. The largest absolute Gasteiger partial charge is 0.756 e. The van der Waals surface area contributed by atoms with Crippen LogP contribution in [0.4, 0.5) is 0 Å². The summed E-state index contributed by atoms with van der Waals surface area (Å²) in [4.78, 5) is 37.9. The Morgan fingerprint density at radius 2 is 0.901 bits per heavy atom. The number of carbonyl (C=O) groups excluding carboxylic acids is 2. The number of phosphoric ester groups is 1. The van der Waals surface area contributed by atoms with Crippen LogP contribution in [-0.2, 0) is 51.6 Å². The van der Waals surface area contributed by atoms with Crippen LogP contribution in [0.2, 0.25) is 0 Å². The van der Waals surface area contributed by atoms with Gasteiger partial charge in [-0.05, 0) is 12.8 Å². The highest BCUT2D eigenvalue weighted by atomic mass is 31.2. The summed E-state index contributed by atoms with van der Waals surface area (Å²) in [6.45, 7) is 0.405. The lowest BCUT2D eigenvalue weighted by Gasteiger charge is -2.43. The fourth-order valence-electron chi connectivity index (χ4n) is 8.40. The molecule has 0 amide bonds. The Balaban J connectivity index is 1.92. The molecule has 2 saturated heterocycles. The summed E-state index contributed by atoms with van der Waals surface area (Å²) < 4.78 is 54.9. The minimum absolute atomic E-state index is 0.126. The van der Waals surface area contributed by atoms with Gasteiger partial charge in [-0.3, -0.25) is 14.2 Å². The van der Waals surface area contributed by atoms with E-state index in [1.165, 1.54) is 109 Å². The average molecular weight is 1050 g/mol. The van der Waals surface area contributed by atoms with E-state index in [0.717, 1.165) is 44.9 Å². The third kappa shape index (κ3) is 29.5. The van der Waals surface area contributed by atoms with Gasteiger partial charge >= 0.3 is 11.9 Å². The molecular formula is C50H94O20P-. The van der Waals surface area contributed by atoms with Gasteiger partial charge in [0, 0.05) is 12.8 Å². The fourth-order valence-corrected chi connectivity index (χ4v) is 9.16. The standard InChI is InChI=1S/C50H95O20P/c1-3-5-7-9-11-13-15-17-19-21-23-25-27-29-41(53)63-33-38(68-42(54)30-28-26-24-22-20-18-16-14-12-10-8-6-4-2)34-64-49-47(59)45(57)43(55)39(69-49)35-65-50-48(60)46(58)44(56)40(70-50)36-67-71(61,62)66-32-37(52)31-51/h37-40,43-52,55-60H,3-36H2,1-2H3,(H,61,62)/p-1/t37-,38-,39-,40-,43-,44-,45+,46+,47-,48-,49-,50-/m1/s1. The lowest BCUT2D eigenvalue weighted by atomic mass is 9.98. The predicted octanol–water partition coefficient (Wildman–Crippen LogP) is 4.91. The zero-order valence-corrected chi connectivity index (χ0v) is 43.8. The zero-order valence-electron chi connectivity index (χ0n) is 42.9. The Bertz CT molecular complexity index is 1380. The van der Waals surface area contributed by atoms with Crippen LogP contribution in [0.15, 0.2) is 0 Å². The lowest BCUT2D eigenvalue weighted by Crippen LogP contribution is -2.62. The fraction of sp³-hybridized carbons (Fsp3) is 0.960. The van der Waals surface area contributed by atoms with Crippen LogP contribution in [0, 0.1) is 0 Å². The van der Waals surface area contributed by atoms with Crippen molar-refractivity contribution in [2.45, 2.75) is 267 Å². The molecule has 0 saturated carbocycles. The molecule has 0 radical (unpaired) electrons. The molecule has 1 unspecified atom stereocenters. The molecule has 2 rings (SSSR count). The van der Waals surface area contributed by atoms with Gasteiger partial charge < -0.3 is 83.2 Å². The average Bonchev–Trinajstić information content (AvgIpc) is 3.35. The quantitative estimate of drug-likeness (QED) is 0.0228. The summed E-state index contributed by atoms with van der Waals surface area (Å²) in [5, 5.41) is 82.1. The first-order chi connectivity index (χ1) is 34.1. The van der Waals surface area contributed by atoms with Crippen molar-refractivity contribution in [2.75, 3.05) is 39.6 Å². The van der Waals surface area contributed by atoms with Gasteiger partial charge in [-0.2, -0.15) is 0 Å². The van der Waals surface area contributed by atoms with E-state index in [1.807, 2.05) is 0 Å². The van der Waals surface area contributed by atoms with E-state index in [9.17, 15) is 54.8 Å². The number of aliphatic hydroxyl groups excluding tert-OH is 8. The van der Waals surface area contributed by atoms with Crippen molar-refractivity contribution in [1.82, 2.24) is 0 Å². The van der Waals surface area contributed by atoms with Crippen molar-refractivity contribution in [3.63, 3.8) is 0 Å². The highest BCUT2D eigenvalue weighted by molar-refractivity contribution is 7.45. The molecule has 0 aromatic carbocycles. The summed E-state index contributed by atoms with van der Waals surface area (Å²) in [6, 6.07) is 0. The van der Waals surface area contributed by atoms with E-state index in [-0.39, 0.29) is 19.4 Å². The van der Waals surface area contributed by atoms with Gasteiger partial charge in [-0.15, -0.1) is 0 Å². The number of carbonyl (C=O) groups is 2. The number of rotatable bonds is 44. The van der Waals surface area contributed by atoms with Crippen LogP contribution in [0.1, 0.15) is 194 Å². The van der Waals surface area contributed by atoms with Gasteiger partial charge in [0.1, 0.15) is 61.5 Å². The van der Waals surface area contributed by atoms with Crippen LogP contribution in [-0.4, -0.2) is 166 Å². The normalized spacial score (nSPS) is 26.5. The molecule has 2 fully saturated rings. The van der Waals surface area contributed by atoms with Gasteiger partial charge in [0.15, 0.2) is 18.7 Å². The maximum atomic E-state index is 13.0. The van der Waals surface area contributed by atoms with Gasteiger partial charge in [-0.1, -0.05) is 168 Å². The van der Waals surface area contributed by atoms with Crippen LogP contribution in [0.3, 0.4) is 0 Å². The third-order valence-electron chi connectivity index (χ3n) is 12.9. The minimum atomic E-state index is -5.10. The Labute approximate surface area is 423 Å². The number of ether oxygens (including phenoxy) is 6. The Morgan fingerprint density at radius 1 is 0.507 bits per heavy atom. The molecule has 0 aliphatic carbocycles. The van der Waals surface area contributed by atoms with Crippen molar-refractivity contribution in [3.8, 4) is 0 Å². The molecule has 0 spiro atoms. The SMILES string of the molecule is CCCCCCCCCCCCCCCC(=O)OC[C@H](CO[C@@H]1O[C@H](CO[C@@H]2O[C@H](COP(=O)([O-])OC[C@H](O)CO)[C@@H](O)[C@H](O)[C@H]2O)[C@@H](O)[C@H](O)[C@H]1O)OC(=O)CCCCCCCCCCCCCCC. The zero-order chi connectivity index (χ0) is 52.3. The van der Waals surface area contributed by atoms with E-state index < -0.39 is 126 Å². The van der Waals surface area contributed by atoms with Crippen molar-refractivity contribution < 1.29 is 97.4 Å². The van der Waals surface area contributed by atoms with Gasteiger partial charge in [0.05, 0.1) is 33.0 Å². The number of esters is 2. The third-order valence-corrected chi connectivity index (χ3v) is 13.9. The van der Waals surface area contributed by atoms with Crippen LogP contribution in [0.25, 0.3) is 0 Å². The van der Waals surface area contributed by atoms with Gasteiger partial charge in [-0.25, -0.2) is 0 Å². The van der Waals surface area contributed by atoms with E-state index in [2.05, 4.69) is 22.9 Å². The summed E-state index contributed by atoms with van der Waals surface area (Å²) >= 11 is 0. The molecule has 0 bridgehead atoms. The van der Waals surface area contributed by atoms with E-state index in [1.54, 1.807) is 0 Å². The molecule has 13 atom stereocenters. The number of hydrogen-bond donors (Lipinski definition) is 8. The summed E-state index contributed by atoms with van der Waals surface area (Å²) in [5.41, 5.74) is 0. The van der Waals surface area contributed by atoms with Crippen molar-refractivity contribution in [2.24, 2.45) is 0 Å². The topological polar surface area (TPSA) is 310 Å². The maximum Gasteiger partial charge on any atom is 0.306 e. The molecule has 21 heteroatoms.